The van der Waals surface area contributed by atoms with Crippen LogP contribution in [-0.4, -0.2) is 35.2 Å². The average molecular weight is 462 g/mol. The van der Waals surface area contributed by atoms with Gasteiger partial charge in [0, 0.05) is 17.7 Å². The van der Waals surface area contributed by atoms with Crippen LogP contribution in [0.4, 0.5) is 5.69 Å². The number of fused-ring (bicyclic) bond motifs is 1. The molecule has 2 fully saturated rings. The third kappa shape index (κ3) is 5.48. The minimum Gasteiger partial charge on any atom is -0.452 e. The number of carbonyl (C=O) groups is 1. The number of hydrogen-bond donors (Lipinski definition) is 1. The third-order valence-electron chi connectivity index (χ3n) is 6.29. The molecule has 1 saturated heterocycles. The maximum absolute atomic E-state index is 12.8. The van der Waals surface area contributed by atoms with Gasteiger partial charge in [0.15, 0.2) is 12.0 Å². The summed E-state index contributed by atoms with van der Waals surface area (Å²) in [5.41, 5.74) is 3.02. The summed E-state index contributed by atoms with van der Waals surface area (Å²) in [7, 11) is 0. The zero-order chi connectivity index (χ0) is 23.3. The van der Waals surface area contributed by atoms with Crippen LogP contribution in [0, 0.1) is 0 Å². The van der Waals surface area contributed by atoms with Crippen LogP contribution < -0.4 is 10.1 Å². The van der Waals surface area contributed by atoms with Crippen LogP contribution in [0.15, 0.2) is 60.5 Å². The second kappa shape index (κ2) is 10.4. The number of rotatable bonds is 9. The van der Waals surface area contributed by atoms with E-state index in [0.717, 1.165) is 36.8 Å². The normalized spacial score (nSPS) is 18.7. The van der Waals surface area contributed by atoms with Gasteiger partial charge in [0.2, 0.25) is 0 Å². The van der Waals surface area contributed by atoms with Crippen molar-refractivity contribution in [3.05, 3.63) is 66.1 Å². The molecule has 1 atom stereocenters. The molecule has 5 rings (SSSR count). The van der Waals surface area contributed by atoms with Gasteiger partial charge in [0.25, 0.3) is 5.91 Å². The van der Waals surface area contributed by atoms with Crippen LogP contribution in [-0.2, 0) is 20.8 Å². The third-order valence-corrected chi connectivity index (χ3v) is 6.29. The Morgan fingerprint density at radius 3 is 2.76 bits per heavy atom. The number of benzene rings is 2. The summed E-state index contributed by atoms with van der Waals surface area (Å²) in [4.78, 5) is 12.8. The molecule has 0 radical (unpaired) electrons. The molecule has 7 nitrogen and oxygen atoms in total. The molecule has 0 bridgehead atoms. The number of anilines is 1. The molecule has 2 heterocycles. The van der Waals surface area contributed by atoms with Gasteiger partial charge in [-0.15, -0.1) is 0 Å². The van der Waals surface area contributed by atoms with Gasteiger partial charge in [-0.1, -0.05) is 12.1 Å². The predicted octanol–water partition coefficient (Wildman–Crippen LogP) is 5.38. The monoisotopic (exact) mass is 461 g/mol. The second-order valence-corrected chi connectivity index (χ2v) is 8.86. The van der Waals surface area contributed by atoms with E-state index in [0.29, 0.717) is 30.5 Å². The predicted molar refractivity (Wildman–Crippen MR) is 131 cm³/mol. The largest absolute Gasteiger partial charge is 0.452 e. The molecule has 1 amide bonds. The lowest BCUT2D eigenvalue weighted by Crippen LogP contribution is -2.24. The highest BCUT2D eigenvalue weighted by molar-refractivity contribution is 6.03. The van der Waals surface area contributed by atoms with Crippen LogP contribution in [0.5, 0.6) is 5.75 Å². The van der Waals surface area contributed by atoms with E-state index in [1.165, 1.54) is 18.4 Å². The van der Waals surface area contributed by atoms with Crippen molar-refractivity contribution < 1.29 is 19.0 Å². The van der Waals surface area contributed by atoms with Gasteiger partial charge in [-0.25, -0.2) is 0 Å². The van der Waals surface area contributed by atoms with Crippen LogP contribution in [0.25, 0.3) is 10.9 Å². The summed E-state index contributed by atoms with van der Waals surface area (Å²) in [5, 5.41) is 8.36. The van der Waals surface area contributed by atoms with Crippen molar-refractivity contribution in [3.8, 4) is 5.75 Å². The first-order valence-corrected chi connectivity index (χ1v) is 12.1. The number of nitrogens with zero attached hydrogens (tertiary/aromatic N) is 2. The van der Waals surface area contributed by atoms with E-state index in [9.17, 15) is 4.79 Å². The van der Waals surface area contributed by atoms with Crippen molar-refractivity contribution in [2.45, 2.75) is 57.8 Å². The second-order valence-electron chi connectivity index (χ2n) is 8.86. The van der Waals surface area contributed by atoms with E-state index >= 15 is 0 Å². The molecule has 0 spiro atoms. The minimum atomic E-state index is -0.290. The Bertz CT molecular complexity index is 1160. The minimum absolute atomic E-state index is 0.100. The van der Waals surface area contributed by atoms with Gasteiger partial charge in [-0.3, -0.25) is 9.48 Å². The fourth-order valence-corrected chi connectivity index (χ4v) is 4.24. The van der Waals surface area contributed by atoms with E-state index in [1.54, 1.807) is 19.2 Å². The summed E-state index contributed by atoms with van der Waals surface area (Å²) < 4.78 is 19.2. The smallest absolute Gasteiger partial charge is 0.291 e. The van der Waals surface area contributed by atoms with E-state index in [-0.39, 0.29) is 18.0 Å². The molecule has 178 valence electrons. The van der Waals surface area contributed by atoms with Crippen LogP contribution in [0.3, 0.4) is 0 Å². The topological polar surface area (TPSA) is 74.6 Å². The van der Waals surface area contributed by atoms with E-state index < -0.39 is 0 Å². The number of ether oxygens (including phenoxy) is 3. The number of nitrogens with one attached hydrogen (secondary N) is 1. The summed E-state index contributed by atoms with van der Waals surface area (Å²) in [6.45, 7) is 3.76. The Kier molecular flexibility index (Phi) is 6.92. The van der Waals surface area contributed by atoms with E-state index in [2.05, 4.69) is 22.5 Å². The molecular formula is C27H31N3O4. The Morgan fingerprint density at radius 2 is 2.03 bits per heavy atom. The van der Waals surface area contributed by atoms with Crippen LogP contribution >= 0.6 is 0 Å². The molecule has 1 aliphatic heterocycles. The Balaban J connectivity index is 1.17. The quantitative estimate of drug-likeness (QED) is 0.342. The highest BCUT2D eigenvalue weighted by Gasteiger charge is 2.23. The standard InChI is InChI=1S/C27H31N3O4/c1-2-25(34-23-11-8-20(9-12-23)19-6-7-19)27(31)29-22-10-13-24-21(17-22)18-28-30(24)14-16-33-26-5-3-4-15-32-26/h2,8-13,17-19,26H,3-7,14-16H2,1H3,(H,29,31)/b25-2-. The van der Waals surface area contributed by atoms with Crippen molar-refractivity contribution in [2.75, 3.05) is 18.5 Å². The molecule has 1 aliphatic carbocycles. The Morgan fingerprint density at radius 1 is 1.18 bits per heavy atom. The molecule has 34 heavy (non-hydrogen) atoms. The number of amides is 1. The molecule has 2 aliphatic rings. The SMILES string of the molecule is C/C=C(\Oc1ccc(C2CC2)cc1)C(=O)Nc1ccc2c(cnn2CCOC2CCCCO2)c1. The van der Waals surface area contributed by atoms with Gasteiger partial charge in [-0.2, -0.15) is 5.10 Å². The van der Waals surface area contributed by atoms with Crippen molar-refractivity contribution in [1.82, 2.24) is 9.78 Å². The molecule has 1 saturated carbocycles. The summed E-state index contributed by atoms with van der Waals surface area (Å²) in [6, 6.07) is 13.8. The van der Waals surface area contributed by atoms with E-state index in [1.807, 2.05) is 35.0 Å². The van der Waals surface area contributed by atoms with E-state index in [4.69, 9.17) is 14.2 Å². The van der Waals surface area contributed by atoms with Gasteiger partial charge in [0.05, 0.1) is 24.9 Å². The summed E-state index contributed by atoms with van der Waals surface area (Å²) >= 11 is 0. The van der Waals surface area contributed by atoms with Gasteiger partial charge < -0.3 is 19.5 Å². The highest BCUT2D eigenvalue weighted by Crippen LogP contribution is 2.40. The maximum Gasteiger partial charge on any atom is 0.291 e. The lowest BCUT2D eigenvalue weighted by Gasteiger charge is -2.22. The Labute approximate surface area is 199 Å². The zero-order valence-corrected chi connectivity index (χ0v) is 19.5. The van der Waals surface area contributed by atoms with Gasteiger partial charge >= 0.3 is 0 Å². The molecule has 1 aromatic heterocycles. The number of aromatic nitrogens is 2. The molecule has 1 unspecified atom stereocenters. The number of carbonyl (C=O) groups excluding carboxylic acids is 1. The maximum atomic E-state index is 12.8. The van der Waals surface area contributed by atoms with Gasteiger partial charge in [0.1, 0.15) is 5.75 Å². The average Bonchev–Trinajstić information content (AvgIpc) is 3.65. The highest BCUT2D eigenvalue weighted by atomic mass is 16.7. The van der Waals surface area contributed by atoms with Gasteiger partial charge in [-0.05, 0) is 86.9 Å². The summed E-state index contributed by atoms with van der Waals surface area (Å²) in [6.07, 6.45) is 9.11. The first kappa shape index (κ1) is 22.6. The Hall–Kier alpha value is -3.16. The zero-order valence-electron chi connectivity index (χ0n) is 19.5. The molecular weight excluding hydrogens is 430 g/mol. The van der Waals surface area contributed by atoms with Crippen LogP contribution in [0.1, 0.15) is 50.5 Å². The first-order valence-electron chi connectivity index (χ1n) is 12.1. The molecule has 1 N–H and O–H groups in total. The molecule has 3 aromatic rings. The number of hydrogen-bond acceptors (Lipinski definition) is 5. The fraction of sp³-hybridized carbons (Fsp3) is 0.407. The van der Waals surface area contributed by atoms with Crippen molar-refractivity contribution in [3.63, 3.8) is 0 Å². The van der Waals surface area contributed by atoms with Crippen molar-refractivity contribution >= 4 is 22.5 Å². The summed E-state index contributed by atoms with van der Waals surface area (Å²) in [5.74, 6) is 1.32. The van der Waals surface area contributed by atoms with Crippen molar-refractivity contribution in [1.29, 1.82) is 0 Å². The fourth-order valence-electron chi connectivity index (χ4n) is 4.24. The lowest BCUT2D eigenvalue weighted by atomic mass is 10.1. The van der Waals surface area contributed by atoms with Crippen molar-refractivity contribution in [2.24, 2.45) is 0 Å². The molecule has 7 heteroatoms. The molecule has 2 aromatic carbocycles. The number of allylic oxidation sites excluding steroid dienone is 1. The van der Waals surface area contributed by atoms with Crippen LogP contribution in [0.2, 0.25) is 0 Å². The first-order chi connectivity index (χ1) is 16.7. The lowest BCUT2D eigenvalue weighted by molar-refractivity contribution is -0.163.